The molecule has 0 saturated heterocycles. The molecule has 2 aromatic rings. The van der Waals surface area contributed by atoms with Gasteiger partial charge in [0.05, 0.1) is 11.6 Å². The predicted molar refractivity (Wildman–Crippen MR) is 82.5 cm³/mol. The van der Waals surface area contributed by atoms with Gasteiger partial charge < -0.3 is 10.5 Å². The molecule has 0 spiro atoms. The van der Waals surface area contributed by atoms with Gasteiger partial charge in [-0.2, -0.15) is 0 Å². The molecule has 0 fully saturated rings. The number of benzene rings is 2. The highest BCUT2D eigenvalue weighted by molar-refractivity contribution is 9.10. The van der Waals surface area contributed by atoms with Crippen LogP contribution in [0, 0.1) is 0 Å². The van der Waals surface area contributed by atoms with E-state index < -0.39 is 0 Å². The molecule has 2 N–H and O–H groups in total. The highest BCUT2D eigenvalue weighted by Crippen LogP contribution is 2.33. The third-order valence-electron chi connectivity index (χ3n) is 3.42. The van der Waals surface area contributed by atoms with Crippen molar-refractivity contribution in [3.8, 4) is 5.75 Å². The summed E-state index contributed by atoms with van der Waals surface area (Å²) in [7, 11) is 1.66. The highest BCUT2D eigenvalue weighted by Gasteiger charge is 2.17. The smallest absolute Gasteiger partial charge is 0.133 e. The van der Waals surface area contributed by atoms with E-state index in [0.717, 1.165) is 15.8 Å². The van der Waals surface area contributed by atoms with Crippen molar-refractivity contribution in [1.82, 2.24) is 0 Å². The van der Waals surface area contributed by atoms with Crippen LogP contribution in [0.1, 0.15) is 30.0 Å². The Morgan fingerprint density at radius 3 is 2.32 bits per heavy atom. The third kappa shape index (κ3) is 3.17. The van der Waals surface area contributed by atoms with Crippen LogP contribution in [-0.2, 0) is 0 Å². The molecule has 0 aliphatic heterocycles. The second-order valence-corrected chi connectivity index (χ2v) is 5.47. The topological polar surface area (TPSA) is 35.2 Å². The first-order chi connectivity index (χ1) is 9.13. The van der Waals surface area contributed by atoms with Crippen LogP contribution < -0.4 is 10.5 Å². The molecule has 2 atom stereocenters. The predicted octanol–water partition coefficient (Wildman–Crippen LogP) is 4.26. The molecule has 2 nitrogen and oxygen atoms in total. The summed E-state index contributed by atoms with van der Waals surface area (Å²) in [5.74, 6) is 1.09. The molecule has 0 aliphatic rings. The monoisotopic (exact) mass is 319 g/mol. The van der Waals surface area contributed by atoms with E-state index in [4.69, 9.17) is 10.5 Å². The lowest BCUT2D eigenvalue weighted by molar-refractivity contribution is 0.411. The Morgan fingerprint density at radius 2 is 1.74 bits per heavy atom. The fourth-order valence-electron chi connectivity index (χ4n) is 2.14. The van der Waals surface area contributed by atoms with Crippen molar-refractivity contribution in [3.63, 3.8) is 0 Å². The Labute approximate surface area is 122 Å². The van der Waals surface area contributed by atoms with E-state index >= 15 is 0 Å². The van der Waals surface area contributed by atoms with Crippen LogP contribution in [0.4, 0.5) is 0 Å². The molecular weight excluding hydrogens is 302 g/mol. The summed E-state index contributed by atoms with van der Waals surface area (Å²) in [6, 6.07) is 16.3. The zero-order valence-corrected chi connectivity index (χ0v) is 12.7. The van der Waals surface area contributed by atoms with E-state index in [1.165, 1.54) is 5.56 Å². The number of hydrogen-bond acceptors (Lipinski definition) is 2. The Kier molecular flexibility index (Phi) is 4.61. The highest BCUT2D eigenvalue weighted by atomic mass is 79.9. The lowest BCUT2D eigenvalue weighted by Gasteiger charge is -2.21. The summed E-state index contributed by atoms with van der Waals surface area (Å²) >= 11 is 3.50. The largest absolute Gasteiger partial charge is 0.496 e. The summed E-state index contributed by atoms with van der Waals surface area (Å²) in [5.41, 5.74) is 8.72. The maximum absolute atomic E-state index is 6.37. The number of ether oxygens (including phenoxy) is 1. The molecule has 0 saturated carbocycles. The molecule has 0 aliphatic carbocycles. The zero-order valence-electron chi connectivity index (χ0n) is 11.1. The number of halogens is 1. The molecule has 2 aromatic carbocycles. The fraction of sp³-hybridized carbons (Fsp3) is 0.250. The molecule has 0 radical (unpaired) electrons. The van der Waals surface area contributed by atoms with E-state index in [2.05, 4.69) is 35.0 Å². The zero-order chi connectivity index (χ0) is 13.8. The van der Waals surface area contributed by atoms with Gasteiger partial charge in [0, 0.05) is 12.0 Å². The van der Waals surface area contributed by atoms with Crippen molar-refractivity contribution in [3.05, 3.63) is 64.1 Å². The summed E-state index contributed by atoms with van der Waals surface area (Å²) in [4.78, 5) is 0. The van der Waals surface area contributed by atoms with Crippen molar-refractivity contribution in [2.45, 2.75) is 18.9 Å². The van der Waals surface area contributed by atoms with Crippen LogP contribution in [-0.4, -0.2) is 7.11 Å². The Hall–Kier alpha value is -1.32. The van der Waals surface area contributed by atoms with Crippen LogP contribution in [0.25, 0.3) is 0 Å². The minimum absolute atomic E-state index is 0.0374. The van der Waals surface area contributed by atoms with Gasteiger partial charge in [-0.15, -0.1) is 0 Å². The van der Waals surface area contributed by atoms with Crippen molar-refractivity contribution in [2.75, 3.05) is 7.11 Å². The van der Waals surface area contributed by atoms with Gasteiger partial charge in [0.2, 0.25) is 0 Å². The average molecular weight is 320 g/mol. The molecule has 0 heterocycles. The van der Waals surface area contributed by atoms with Gasteiger partial charge in [0.1, 0.15) is 5.75 Å². The minimum Gasteiger partial charge on any atom is -0.496 e. The lowest BCUT2D eigenvalue weighted by Crippen LogP contribution is -2.17. The molecule has 2 rings (SSSR count). The summed E-state index contributed by atoms with van der Waals surface area (Å²) in [6.45, 7) is 2.15. The van der Waals surface area contributed by atoms with Gasteiger partial charge in [-0.25, -0.2) is 0 Å². The van der Waals surface area contributed by atoms with E-state index in [1.807, 2.05) is 36.4 Å². The van der Waals surface area contributed by atoms with Crippen LogP contribution in [0.5, 0.6) is 5.75 Å². The summed E-state index contributed by atoms with van der Waals surface area (Å²) < 4.78 is 6.17. The molecule has 19 heavy (non-hydrogen) atoms. The molecular formula is C16H18BrNO. The van der Waals surface area contributed by atoms with E-state index in [0.29, 0.717) is 0 Å². The van der Waals surface area contributed by atoms with Crippen molar-refractivity contribution in [1.29, 1.82) is 0 Å². The van der Waals surface area contributed by atoms with Crippen molar-refractivity contribution < 1.29 is 4.74 Å². The third-order valence-corrected chi connectivity index (χ3v) is 4.04. The molecule has 0 aromatic heterocycles. The van der Waals surface area contributed by atoms with Gasteiger partial charge in [0.15, 0.2) is 0 Å². The first-order valence-electron chi connectivity index (χ1n) is 6.27. The number of rotatable bonds is 4. The Bertz CT molecular complexity index is 542. The second kappa shape index (κ2) is 6.22. The maximum Gasteiger partial charge on any atom is 0.133 e. The summed E-state index contributed by atoms with van der Waals surface area (Å²) in [5, 5.41) is 0. The summed E-state index contributed by atoms with van der Waals surface area (Å²) in [6.07, 6.45) is 0. The molecule has 3 heteroatoms. The van der Waals surface area contributed by atoms with E-state index in [9.17, 15) is 0 Å². The van der Waals surface area contributed by atoms with Gasteiger partial charge in [-0.1, -0.05) is 43.3 Å². The van der Waals surface area contributed by atoms with E-state index in [-0.39, 0.29) is 12.0 Å². The molecule has 0 bridgehead atoms. The van der Waals surface area contributed by atoms with E-state index in [1.54, 1.807) is 7.11 Å². The fourth-order valence-corrected chi connectivity index (χ4v) is 2.70. The van der Waals surface area contributed by atoms with Crippen LogP contribution >= 0.6 is 15.9 Å². The molecule has 0 amide bonds. The minimum atomic E-state index is -0.0374. The maximum atomic E-state index is 6.37. The van der Waals surface area contributed by atoms with Crippen molar-refractivity contribution >= 4 is 15.9 Å². The van der Waals surface area contributed by atoms with Crippen LogP contribution in [0.2, 0.25) is 0 Å². The van der Waals surface area contributed by atoms with Gasteiger partial charge in [-0.3, -0.25) is 0 Å². The quantitative estimate of drug-likeness (QED) is 0.913. The Balaban J connectivity index is 2.24. The molecule has 2 unspecified atom stereocenters. The van der Waals surface area contributed by atoms with Crippen LogP contribution in [0.15, 0.2) is 53.0 Å². The normalized spacial score (nSPS) is 13.9. The Morgan fingerprint density at radius 1 is 1.05 bits per heavy atom. The number of nitrogens with two attached hydrogens (primary N) is 1. The SMILES string of the molecule is COc1ccc(C(N)C(C)c2ccccc2)cc1Br. The molecule has 100 valence electrons. The van der Waals surface area contributed by atoms with Crippen molar-refractivity contribution in [2.24, 2.45) is 5.73 Å². The first kappa shape index (κ1) is 14.1. The van der Waals surface area contributed by atoms with Crippen LogP contribution in [0.3, 0.4) is 0 Å². The van der Waals surface area contributed by atoms with Gasteiger partial charge in [0.25, 0.3) is 0 Å². The lowest BCUT2D eigenvalue weighted by atomic mass is 9.89. The van der Waals surface area contributed by atoms with Gasteiger partial charge >= 0.3 is 0 Å². The van der Waals surface area contributed by atoms with Gasteiger partial charge in [-0.05, 0) is 39.2 Å². The second-order valence-electron chi connectivity index (χ2n) is 4.62. The number of hydrogen-bond donors (Lipinski definition) is 1. The number of methoxy groups -OCH3 is 1. The standard InChI is InChI=1S/C16H18BrNO/c1-11(12-6-4-3-5-7-12)16(18)13-8-9-15(19-2)14(17)10-13/h3-11,16H,18H2,1-2H3. The first-order valence-corrected chi connectivity index (χ1v) is 7.06. The average Bonchev–Trinajstić information content (AvgIpc) is 2.46.